The minimum atomic E-state index is 0.387. The van der Waals surface area contributed by atoms with E-state index in [2.05, 4.69) is 11.2 Å². The van der Waals surface area contributed by atoms with Crippen LogP contribution in [0.4, 0.5) is 0 Å². The minimum absolute atomic E-state index is 0.387. The molecule has 0 aliphatic carbocycles. The second-order valence-corrected chi connectivity index (χ2v) is 1.12. The van der Waals surface area contributed by atoms with Crippen molar-refractivity contribution >= 4 is 21.5 Å². The predicted molar refractivity (Wildman–Crippen MR) is 21.7 cm³/mol. The molecule has 0 aromatic carbocycles. The molecule has 0 aliphatic heterocycles. The van der Waals surface area contributed by atoms with Crippen LogP contribution in [-0.4, -0.2) is 0 Å². The van der Waals surface area contributed by atoms with Gasteiger partial charge in [-0.05, 0) is 21.5 Å². The van der Waals surface area contributed by atoms with Crippen LogP contribution in [0.15, 0.2) is 0 Å². The van der Waals surface area contributed by atoms with Crippen molar-refractivity contribution in [2.24, 2.45) is 0 Å². The largest absolute Gasteiger partial charge is 0.185 e. The Morgan fingerprint density at radius 1 is 2.00 bits per heavy atom. The van der Waals surface area contributed by atoms with Crippen LogP contribution in [0, 0.1) is 10.7 Å². The van der Waals surface area contributed by atoms with Gasteiger partial charge in [0.2, 0.25) is 0 Å². The first-order chi connectivity index (χ1) is 1.91. The summed E-state index contributed by atoms with van der Waals surface area (Å²) in [6.45, 7) is 0. The van der Waals surface area contributed by atoms with Crippen LogP contribution < -0.4 is 0 Å². The van der Waals surface area contributed by atoms with E-state index in [1.807, 2.05) is 0 Å². The van der Waals surface area contributed by atoms with E-state index in [4.69, 9.17) is 5.26 Å². The highest BCUT2D eigenvalue weighted by Gasteiger charge is 1.34. The molecule has 0 rings (SSSR count). The topological polar surface area (TPSA) is 23.8 Å². The molecule has 0 unspecified atom stereocenters. The van der Waals surface area contributed by atoms with Crippen LogP contribution in [-0.2, 0) is 21.5 Å². The van der Waals surface area contributed by atoms with Gasteiger partial charge in [0.1, 0.15) is 5.40 Å². The Morgan fingerprint density at radius 2 is 2.25 bits per heavy atom. The van der Waals surface area contributed by atoms with Gasteiger partial charge in [0.05, 0.1) is 0 Å². The van der Waals surface area contributed by atoms with Crippen molar-refractivity contribution < 1.29 is 0 Å². The lowest BCUT2D eigenvalue weighted by molar-refractivity contribution is 1.57. The summed E-state index contributed by atoms with van der Waals surface area (Å²) in [6.07, 6.45) is 0. The van der Waals surface area contributed by atoms with Crippen LogP contribution in [0.3, 0.4) is 0 Å². The fraction of sp³-hybridized carbons (Fsp3) is 0. The molecule has 0 aromatic heterocycles. The van der Waals surface area contributed by atoms with Crippen molar-refractivity contribution in [3.63, 3.8) is 0 Å². The summed E-state index contributed by atoms with van der Waals surface area (Å²) in [5.74, 6) is 0. The lowest BCUT2D eigenvalue weighted by Gasteiger charge is -1.30. The van der Waals surface area contributed by atoms with Gasteiger partial charge in [-0.25, -0.2) is 0 Å². The molecule has 0 N–H and O–H groups in total. The summed E-state index contributed by atoms with van der Waals surface area (Å²) >= 11 is 4.16. The zero-order valence-electron chi connectivity index (χ0n) is 1.80. The third kappa shape index (κ3) is 2.06. The molecule has 0 radical (unpaired) electrons. The standard InChI is InChI=1S/CHNS2/c2-1-4-3/h4H. The minimum Gasteiger partial charge on any atom is -0.185 e. The van der Waals surface area contributed by atoms with Crippen molar-refractivity contribution in [1.29, 1.82) is 5.26 Å². The van der Waals surface area contributed by atoms with Gasteiger partial charge in [-0.2, -0.15) is 5.26 Å². The molecular formula is CHNS2. The third-order valence-corrected chi connectivity index (χ3v) is 0.367. The second-order valence-electron chi connectivity index (χ2n) is 0.191. The average molecular weight is 91.2 g/mol. The van der Waals surface area contributed by atoms with Crippen molar-refractivity contribution in [3.8, 4) is 5.40 Å². The maximum Gasteiger partial charge on any atom is 0.134 e. The van der Waals surface area contributed by atoms with Crippen LogP contribution in [0.25, 0.3) is 0 Å². The average Bonchev–Trinajstić information content (AvgIpc) is 1.37. The van der Waals surface area contributed by atoms with Crippen LogP contribution >= 0.6 is 0 Å². The Kier molecular flexibility index (Phi) is 3.11. The highest BCUT2D eigenvalue weighted by Crippen LogP contribution is 1.32. The molecule has 0 atom stereocenters. The van der Waals surface area contributed by atoms with Gasteiger partial charge < -0.3 is 0 Å². The lowest BCUT2D eigenvalue weighted by atomic mass is 11.8. The van der Waals surface area contributed by atoms with Crippen molar-refractivity contribution in [2.45, 2.75) is 0 Å². The van der Waals surface area contributed by atoms with Gasteiger partial charge in [-0.15, -0.1) is 0 Å². The number of thiocyanates is 1. The van der Waals surface area contributed by atoms with Gasteiger partial charge in [0.15, 0.2) is 0 Å². The number of hydrogen-bond acceptors (Lipinski definition) is 2. The van der Waals surface area contributed by atoms with Gasteiger partial charge in [-0.1, -0.05) is 0 Å². The predicted octanol–water partition coefficient (Wildman–Crippen LogP) is -0.256. The van der Waals surface area contributed by atoms with Crippen molar-refractivity contribution in [1.82, 2.24) is 0 Å². The SMILES string of the molecule is N#C[SH]=S. The number of rotatable bonds is 0. The monoisotopic (exact) mass is 91.0 g/mol. The number of nitrogens with zero attached hydrogens (tertiary/aromatic N) is 1. The Hall–Kier alpha value is 0.0600. The summed E-state index contributed by atoms with van der Waals surface area (Å²) in [5, 5.41) is 9.23. The van der Waals surface area contributed by atoms with E-state index < -0.39 is 0 Å². The van der Waals surface area contributed by atoms with Crippen LogP contribution in [0.2, 0.25) is 0 Å². The normalized spacial score (nSPS) is 4.75. The van der Waals surface area contributed by atoms with E-state index in [0.717, 1.165) is 0 Å². The number of thiol groups is 1. The highest BCUT2D eigenvalue weighted by atomic mass is 32.8. The molecule has 0 saturated carbocycles. The van der Waals surface area contributed by atoms with E-state index in [1.54, 1.807) is 5.40 Å². The number of hydrogen-bond donors (Lipinski definition) is 1. The molecular weight excluding hydrogens is 90.2 g/mol. The molecule has 1 nitrogen and oxygen atoms in total. The van der Waals surface area contributed by atoms with E-state index in [9.17, 15) is 0 Å². The van der Waals surface area contributed by atoms with E-state index in [-0.39, 0.29) is 0 Å². The first-order valence-corrected chi connectivity index (χ1v) is 2.54. The maximum absolute atomic E-state index is 7.51. The molecule has 0 aromatic rings. The van der Waals surface area contributed by atoms with E-state index in [0.29, 0.717) is 10.3 Å². The molecule has 22 valence electrons. The highest BCUT2D eigenvalue weighted by molar-refractivity contribution is 8.20. The van der Waals surface area contributed by atoms with Crippen molar-refractivity contribution in [3.05, 3.63) is 0 Å². The van der Waals surface area contributed by atoms with E-state index >= 15 is 0 Å². The quantitative estimate of drug-likeness (QED) is 0.328. The third-order valence-electron chi connectivity index (χ3n) is 0.0408. The maximum atomic E-state index is 7.51. The molecule has 3 heteroatoms. The van der Waals surface area contributed by atoms with Gasteiger partial charge in [0, 0.05) is 0 Å². The zero-order valence-corrected chi connectivity index (χ0v) is 3.51. The first-order valence-electron chi connectivity index (χ1n) is 0.630. The number of nitriles is 1. The summed E-state index contributed by atoms with van der Waals surface area (Å²) in [5.41, 5.74) is 0. The van der Waals surface area contributed by atoms with Crippen LogP contribution in [0.1, 0.15) is 0 Å². The Bertz CT molecular complexity index is 51.5. The molecule has 0 heterocycles. The smallest absolute Gasteiger partial charge is 0.134 e. The van der Waals surface area contributed by atoms with E-state index in [1.165, 1.54) is 0 Å². The lowest BCUT2D eigenvalue weighted by Crippen LogP contribution is -1.32. The van der Waals surface area contributed by atoms with Gasteiger partial charge in [0.25, 0.3) is 0 Å². The second kappa shape index (κ2) is 3.06. The summed E-state index contributed by atoms with van der Waals surface area (Å²) in [6, 6.07) is 0. The Balaban J connectivity index is 2.92. The van der Waals surface area contributed by atoms with Gasteiger partial charge in [-0.3, -0.25) is 0 Å². The molecule has 0 saturated heterocycles. The zero-order chi connectivity index (χ0) is 3.41. The molecule has 0 aliphatic rings. The first kappa shape index (κ1) is 4.06. The van der Waals surface area contributed by atoms with Crippen LogP contribution in [0.5, 0.6) is 0 Å². The Labute approximate surface area is 32.9 Å². The Morgan fingerprint density at radius 3 is 2.25 bits per heavy atom. The molecule has 0 spiro atoms. The molecule has 0 amide bonds. The van der Waals surface area contributed by atoms with Crippen molar-refractivity contribution in [2.75, 3.05) is 0 Å². The summed E-state index contributed by atoms with van der Waals surface area (Å²) < 4.78 is 0. The molecule has 0 bridgehead atoms. The van der Waals surface area contributed by atoms with Gasteiger partial charge >= 0.3 is 0 Å². The summed E-state index contributed by atoms with van der Waals surface area (Å²) in [4.78, 5) is 0. The summed E-state index contributed by atoms with van der Waals surface area (Å²) in [7, 11) is 0.387. The fourth-order valence-electron chi connectivity index (χ4n) is 0. The molecule has 4 heavy (non-hydrogen) atoms. The fourth-order valence-corrected chi connectivity index (χ4v) is 0. The molecule has 0 fully saturated rings.